The highest BCUT2D eigenvalue weighted by Crippen LogP contribution is 2.36. The van der Waals surface area contributed by atoms with Crippen LogP contribution in [0.2, 0.25) is 0 Å². The summed E-state index contributed by atoms with van der Waals surface area (Å²) in [6.07, 6.45) is 8.28. The summed E-state index contributed by atoms with van der Waals surface area (Å²) in [7, 11) is 0. The summed E-state index contributed by atoms with van der Waals surface area (Å²) >= 11 is 1.60. The number of carbonyl (C=O) groups is 1. The number of benzene rings is 1. The van der Waals surface area contributed by atoms with Gasteiger partial charge in [-0.2, -0.15) is 0 Å². The minimum Gasteiger partial charge on any atom is -0.369 e. The number of amides is 1. The van der Waals surface area contributed by atoms with Crippen LogP contribution in [-0.4, -0.2) is 38.5 Å². The second-order valence-electron chi connectivity index (χ2n) is 6.60. The standard InChI is InChI=1S/C21H22N6OS/c28-18(23-8-4-11-27-12-10-22-15-27)7-9-24-20-19-17(16-5-2-1-3-6-16)13-29-21(19)26-14-25-20/h1-3,5-6,10,12-15H,4,7-9,11H2,(H,23,28)(H,24,25,26). The number of aryl methyl sites for hydroxylation is 1. The van der Waals surface area contributed by atoms with Gasteiger partial charge in [-0.3, -0.25) is 4.79 Å². The first-order chi connectivity index (χ1) is 14.3. The quantitative estimate of drug-likeness (QED) is 0.415. The summed E-state index contributed by atoms with van der Waals surface area (Å²) in [4.78, 5) is 25.8. The predicted octanol–water partition coefficient (Wildman–Crippen LogP) is 3.56. The van der Waals surface area contributed by atoms with Crippen molar-refractivity contribution in [3.63, 3.8) is 0 Å². The van der Waals surface area contributed by atoms with Crippen LogP contribution in [0.1, 0.15) is 12.8 Å². The molecule has 4 aromatic rings. The van der Waals surface area contributed by atoms with Gasteiger partial charge < -0.3 is 15.2 Å². The molecule has 0 saturated carbocycles. The summed E-state index contributed by atoms with van der Waals surface area (Å²) in [5.41, 5.74) is 2.24. The Kier molecular flexibility index (Phi) is 6.11. The largest absolute Gasteiger partial charge is 0.369 e. The fourth-order valence-electron chi connectivity index (χ4n) is 3.13. The van der Waals surface area contributed by atoms with Crippen molar-refractivity contribution in [3.8, 4) is 11.1 Å². The van der Waals surface area contributed by atoms with Crippen molar-refractivity contribution in [1.82, 2.24) is 24.8 Å². The normalized spacial score (nSPS) is 10.9. The van der Waals surface area contributed by atoms with Crippen molar-refractivity contribution in [2.75, 3.05) is 18.4 Å². The predicted molar refractivity (Wildman–Crippen MR) is 116 cm³/mol. The van der Waals surface area contributed by atoms with Gasteiger partial charge in [0.05, 0.1) is 11.7 Å². The van der Waals surface area contributed by atoms with Gasteiger partial charge in [0, 0.05) is 49.4 Å². The van der Waals surface area contributed by atoms with Crippen LogP contribution >= 0.6 is 11.3 Å². The van der Waals surface area contributed by atoms with Crippen molar-refractivity contribution in [2.45, 2.75) is 19.4 Å². The van der Waals surface area contributed by atoms with Gasteiger partial charge in [-0.15, -0.1) is 11.3 Å². The number of carbonyl (C=O) groups excluding carboxylic acids is 1. The topological polar surface area (TPSA) is 84.7 Å². The molecular formula is C21H22N6OS. The molecule has 1 amide bonds. The highest BCUT2D eigenvalue weighted by Gasteiger charge is 2.13. The van der Waals surface area contributed by atoms with Gasteiger partial charge in [0.1, 0.15) is 17.0 Å². The van der Waals surface area contributed by atoms with E-state index in [0.717, 1.165) is 40.1 Å². The molecule has 3 heterocycles. The maximum atomic E-state index is 12.1. The Balaban J connectivity index is 1.31. The molecule has 0 aliphatic carbocycles. The molecule has 0 radical (unpaired) electrons. The SMILES string of the molecule is O=C(CCNc1ncnc2scc(-c3ccccc3)c12)NCCCn1ccnc1. The summed E-state index contributed by atoms with van der Waals surface area (Å²) in [6, 6.07) is 10.2. The third-order valence-corrected chi connectivity index (χ3v) is 5.46. The molecule has 8 heteroatoms. The highest BCUT2D eigenvalue weighted by atomic mass is 32.1. The summed E-state index contributed by atoms with van der Waals surface area (Å²) < 4.78 is 2.00. The highest BCUT2D eigenvalue weighted by molar-refractivity contribution is 7.17. The molecule has 1 aromatic carbocycles. The Morgan fingerprint density at radius 3 is 2.86 bits per heavy atom. The summed E-state index contributed by atoms with van der Waals surface area (Å²) in [5, 5.41) is 9.38. The average molecular weight is 407 g/mol. The molecule has 0 saturated heterocycles. The third-order valence-electron chi connectivity index (χ3n) is 4.57. The molecule has 0 spiro atoms. The minimum atomic E-state index is 0.0297. The number of nitrogens with one attached hydrogen (secondary N) is 2. The number of thiophene rings is 1. The first-order valence-corrected chi connectivity index (χ1v) is 10.4. The first kappa shape index (κ1) is 19.1. The number of anilines is 1. The molecule has 0 unspecified atom stereocenters. The Hall–Kier alpha value is -3.26. The molecule has 0 atom stereocenters. The van der Waals surface area contributed by atoms with Gasteiger partial charge in [0.15, 0.2) is 0 Å². The lowest BCUT2D eigenvalue weighted by Crippen LogP contribution is -2.27. The molecule has 7 nitrogen and oxygen atoms in total. The van der Waals surface area contributed by atoms with Crippen LogP contribution in [0.25, 0.3) is 21.3 Å². The zero-order valence-corrected chi connectivity index (χ0v) is 16.7. The fourth-order valence-corrected chi connectivity index (χ4v) is 4.05. The van der Waals surface area contributed by atoms with Crippen LogP contribution in [0.4, 0.5) is 5.82 Å². The van der Waals surface area contributed by atoms with Crippen molar-refractivity contribution in [1.29, 1.82) is 0 Å². The minimum absolute atomic E-state index is 0.0297. The van der Waals surface area contributed by atoms with Crippen LogP contribution in [-0.2, 0) is 11.3 Å². The van der Waals surface area contributed by atoms with Crippen LogP contribution in [0.5, 0.6) is 0 Å². The summed E-state index contributed by atoms with van der Waals surface area (Å²) in [6.45, 7) is 2.01. The Bertz CT molecular complexity index is 1060. The summed E-state index contributed by atoms with van der Waals surface area (Å²) in [5.74, 6) is 0.796. The number of nitrogens with zero attached hydrogens (tertiary/aromatic N) is 4. The molecule has 0 fully saturated rings. The van der Waals surface area contributed by atoms with Crippen LogP contribution in [0, 0.1) is 0 Å². The lowest BCUT2D eigenvalue weighted by Gasteiger charge is -2.09. The Morgan fingerprint density at radius 1 is 1.14 bits per heavy atom. The molecule has 0 aliphatic heterocycles. The lowest BCUT2D eigenvalue weighted by molar-refractivity contribution is -0.120. The van der Waals surface area contributed by atoms with Gasteiger partial charge >= 0.3 is 0 Å². The molecule has 148 valence electrons. The van der Waals surface area contributed by atoms with Crippen LogP contribution in [0.3, 0.4) is 0 Å². The molecule has 2 N–H and O–H groups in total. The Morgan fingerprint density at radius 2 is 2.03 bits per heavy atom. The molecule has 4 rings (SSSR count). The lowest BCUT2D eigenvalue weighted by atomic mass is 10.1. The zero-order valence-electron chi connectivity index (χ0n) is 15.9. The van der Waals surface area contributed by atoms with Gasteiger partial charge in [-0.25, -0.2) is 15.0 Å². The van der Waals surface area contributed by atoms with Crippen molar-refractivity contribution < 1.29 is 4.79 Å². The molecule has 3 aromatic heterocycles. The number of fused-ring (bicyclic) bond motifs is 1. The molecular weight excluding hydrogens is 384 g/mol. The number of rotatable bonds is 9. The van der Waals surface area contributed by atoms with E-state index in [0.29, 0.717) is 19.5 Å². The smallest absolute Gasteiger partial charge is 0.221 e. The van der Waals surface area contributed by atoms with Crippen LogP contribution in [0.15, 0.2) is 60.8 Å². The third kappa shape index (κ3) is 4.78. The second-order valence-corrected chi connectivity index (χ2v) is 7.46. The monoisotopic (exact) mass is 406 g/mol. The van der Waals surface area contributed by atoms with Crippen LogP contribution < -0.4 is 10.6 Å². The van der Waals surface area contributed by atoms with Gasteiger partial charge in [0.25, 0.3) is 0 Å². The number of hydrogen-bond donors (Lipinski definition) is 2. The van der Waals surface area contributed by atoms with E-state index in [4.69, 9.17) is 0 Å². The zero-order chi connectivity index (χ0) is 19.9. The van der Waals surface area contributed by atoms with E-state index in [9.17, 15) is 4.79 Å². The van der Waals surface area contributed by atoms with E-state index in [-0.39, 0.29) is 5.91 Å². The number of hydrogen-bond acceptors (Lipinski definition) is 6. The number of aromatic nitrogens is 4. The van der Waals surface area contributed by atoms with E-state index in [1.54, 1.807) is 30.2 Å². The van der Waals surface area contributed by atoms with E-state index >= 15 is 0 Å². The average Bonchev–Trinajstić information content (AvgIpc) is 3.42. The number of imidazole rings is 1. The van der Waals surface area contributed by atoms with Crippen molar-refractivity contribution in [2.24, 2.45) is 0 Å². The Labute approximate surface area is 172 Å². The maximum Gasteiger partial charge on any atom is 0.221 e. The molecule has 0 bridgehead atoms. The second kappa shape index (κ2) is 9.29. The van der Waals surface area contributed by atoms with E-state index < -0.39 is 0 Å². The maximum absolute atomic E-state index is 12.1. The van der Waals surface area contributed by atoms with E-state index in [1.165, 1.54) is 0 Å². The van der Waals surface area contributed by atoms with E-state index in [1.807, 2.05) is 29.0 Å². The van der Waals surface area contributed by atoms with Crippen molar-refractivity contribution >= 4 is 33.3 Å². The van der Waals surface area contributed by atoms with Gasteiger partial charge in [-0.1, -0.05) is 30.3 Å². The fraction of sp³-hybridized carbons (Fsp3) is 0.238. The first-order valence-electron chi connectivity index (χ1n) is 9.55. The van der Waals surface area contributed by atoms with Crippen molar-refractivity contribution in [3.05, 3.63) is 60.8 Å². The van der Waals surface area contributed by atoms with Gasteiger partial charge in [-0.05, 0) is 12.0 Å². The molecule has 0 aliphatic rings. The van der Waals surface area contributed by atoms with Gasteiger partial charge in [0.2, 0.25) is 5.91 Å². The molecule has 29 heavy (non-hydrogen) atoms. The van der Waals surface area contributed by atoms with E-state index in [2.05, 4.69) is 43.1 Å².